The van der Waals surface area contributed by atoms with E-state index in [2.05, 4.69) is 45.7 Å². The van der Waals surface area contributed by atoms with Crippen molar-refractivity contribution < 1.29 is 28.8 Å². The minimum atomic E-state index is 0.125. The van der Waals surface area contributed by atoms with Crippen LogP contribution < -0.4 is 23.7 Å². The third kappa shape index (κ3) is 10.2. The molecule has 0 radical (unpaired) electrons. The number of benzene rings is 3. The zero-order chi connectivity index (χ0) is 32.6. The molecule has 0 spiro atoms. The average Bonchev–Trinajstić information content (AvgIpc) is 3.05. The maximum atomic E-state index is 11.1. The first-order valence-corrected chi connectivity index (χ1v) is 16.6. The predicted octanol–water partition coefficient (Wildman–Crippen LogP) is 10.9. The zero-order valence-electron chi connectivity index (χ0n) is 27.1. The number of ether oxygens (including phenoxy) is 5. The number of phenolic OH excluding ortho intramolecular Hbond substituents is 1. The van der Waals surface area contributed by atoms with Gasteiger partial charge in [0.2, 0.25) is 0 Å². The third-order valence-corrected chi connectivity index (χ3v) is 8.31. The molecule has 3 aromatic carbocycles. The summed E-state index contributed by atoms with van der Waals surface area (Å²) in [4.78, 5) is 0. The lowest BCUT2D eigenvalue weighted by atomic mass is 10.0. The summed E-state index contributed by atoms with van der Waals surface area (Å²) in [6.07, 6.45) is 12.1. The molecule has 3 rings (SSSR count). The van der Waals surface area contributed by atoms with E-state index >= 15 is 0 Å². The second-order valence-electron chi connectivity index (χ2n) is 9.80. The fraction of sp³-hybridized carbons (Fsp3) is 0.389. The summed E-state index contributed by atoms with van der Waals surface area (Å²) in [7, 11) is 6.49. The van der Waals surface area contributed by atoms with Crippen LogP contribution in [0.2, 0.25) is 0 Å². The topological polar surface area (TPSA) is 66.4 Å². The summed E-state index contributed by atoms with van der Waals surface area (Å²) in [6, 6.07) is 11.1. The Morgan fingerprint density at radius 3 is 1.50 bits per heavy atom. The van der Waals surface area contributed by atoms with Crippen LogP contribution >= 0.6 is 31.9 Å². The van der Waals surface area contributed by atoms with Gasteiger partial charge in [0, 0.05) is 22.3 Å². The van der Waals surface area contributed by atoms with Crippen molar-refractivity contribution in [2.45, 2.75) is 53.4 Å². The molecule has 1 atom stereocenters. The molecule has 44 heavy (non-hydrogen) atoms. The smallest absolute Gasteiger partial charge is 0.133 e. The fourth-order valence-electron chi connectivity index (χ4n) is 4.48. The van der Waals surface area contributed by atoms with Crippen LogP contribution in [0.25, 0.3) is 24.3 Å². The first-order chi connectivity index (χ1) is 21.3. The molecule has 0 saturated heterocycles. The Morgan fingerprint density at radius 1 is 0.636 bits per heavy atom. The highest BCUT2D eigenvalue weighted by Gasteiger charge is 2.14. The number of unbranched alkanes of at least 4 members (excludes halogenated alkanes) is 1. The first kappa shape index (κ1) is 37.1. The Balaban J connectivity index is 0.00000330. The molecule has 0 bridgehead atoms. The molecule has 0 aliphatic heterocycles. The van der Waals surface area contributed by atoms with Crippen molar-refractivity contribution in [3.05, 3.63) is 67.6 Å². The number of aromatic hydroxyl groups is 1. The summed E-state index contributed by atoms with van der Waals surface area (Å²) < 4.78 is 30.1. The Kier molecular flexibility index (Phi) is 16.3. The van der Waals surface area contributed by atoms with Gasteiger partial charge in [-0.1, -0.05) is 71.3 Å². The average molecular weight is 735 g/mol. The van der Waals surface area contributed by atoms with E-state index in [1.807, 2.05) is 68.5 Å². The SMILES string of the molecule is CC.CCCCC(CC)COc1cc(/C=C/c2cc(OC)c(Br)cc2OC)c(O)cc1/C=C/c1cc(OC)c(Br)cc1OC. The second-order valence-corrected chi connectivity index (χ2v) is 11.5. The number of hydrogen-bond acceptors (Lipinski definition) is 6. The van der Waals surface area contributed by atoms with Gasteiger partial charge in [-0.2, -0.15) is 0 Å². The number of halogens is 2. The van der Waals surface area contributed by atoms with Crippen LogP contribution in [0, 0.1) is 5.92 Å². The van der Waals surface area contributed by atoms with E-state index in [4.69, 9.17) is 23.7 Å². The highest BCUT2D eigenvalue weighted by atomic mass is 79.9. The molecular weight excluding hydrogens is 688 g/mol. The van der Waals surface area contributed by atoms with Gasteiger partial charge < -0.3 is 28.8 Å². The Morgan fingerprint density at radius 2 is 1.07 bits per heavy atom. The van der Waals surface area contributed by atoms with E-state index in [1.54, 1.807) is 34.5 Å². The van der Waals surface area contributed by atoms with Crippen LogP contribution in [0.15, 0.2) is 45.3 Å². The van der Waals surface area contributed by atoms with Crippen LogP contribution in [0.4, 0.5) is 0 Å². The molecule has 0 aliphatic carbocycles. The molecule has 0 saturated carbocycles. The lowest BCUT2D eigenvalue weighted by Crippen LogP contribution is -2.12. The normalized spacial score (nSPS) is 11.7. The maximum absolute atomic E-state index is 11.1. The van der Waals surface area contributed by atoms with Gasteiger partial charge >= 0.3 is 0 Å². The van der Waals surface area contributed by atoms with E-state index < -0.39 is 0 Å². The summed E-state index contributed by atoms with van der Waals surface area (Å²) in [5.41, 5.74) is 3.01. The van der Waals surface area contributed by atoms with Crippen LogP contribution in [-0.2, 0) is 0 Å². The van der Waals surface area contributed by atoms with Crippen LogP contribution in [0.3, 0.4) is 0 Å². The van der Waals surface area contributed by atoms with E-state index in [0.29, 0.717) is 46.8 Å². The second kappa shape index (κ2) is 19.3. The minimum Gasteiger partial charge on any atom is -0.507 e. The molecule has 0 amide bonds. The van der Waals surface area contributed by atoms with Gasteiger partial charge in [-0.05, 0) is 80.6 Å². The van der Waals surface area contributed by atoms with E-state index in [-0.39, 0.29) is 5.75 Å². The van der Waals surface area contributed by atoms with Crippen molar-refractivity contribution in [2.75, 3.05) is 35.0 Å². The Labute approximate surface area is 280 Å². The van der Waals surface area contributed by atoms with Gasteiger partial charge in [0.1, 0.15) is 34.5 Å². The van der Waals surface area contributed by atoms with E-state index in [9.17, 15) is 5.11 Å². The molecule has 0 aromatic heterocycles. The summed E-state index contributed by atoms with van der Waals surface area (Å²) >= 11 is 7.01. The highest BCUT2D eigenvalue weighted by Crippen LogP contribution is 2.37. The van der Waals surface area contributed by atoms with Crippen molar-refractivity contribution in [3.63, 3.8) is 0 Å². The number of hydrogen-bond donors (Lipinski definition) is 1. The van der Waals surface area contributed by atoms with Crippen LogP contribution in [-0.4, -0.2) is 40.2 Å². The number of phenols is 1. The Bertz CT molecular complexity index is 1400. The monoisotopic (exact) mass is 732 g/mol. The van der Waals surface area contributed by atoms with Gasteiger partial charge in [-0.25, -0.2) is 0 Å². The third-order valence-electron chi connectivity index (χ3n) is 7.07. The standard InChI is InChI=1S/C34H40Br2O6.C2H6/c1-7-9-10-22(8-2)21-42-32-16-23(11-12-25-17-33(40-5)27(35)19-30(25)38-3)29(37)15-24(32)13-14-26-18-34(41-6)28(36)20-31(26)39-4;1-2/h11-20,22,37H,7-10,21H2,1-6H3;1-2H3/b12-11+,14-13+;. The quantitative estimate of drug-likeness (QED) is 0.157. The minimum absolute atomic E-state index is 0.125. The molecule has 0 fully saturated rings. The molecule has 6 nitrogen and oxygen atoms in total. The van der Waals surface area contributed by atoms with Crippen molar-refractivity contribution in [1.82, 2.24) is 0 Å². The van der Waals surface area contributed by atoms with Gasteiger partial charge in [-0.15, -0.1) is 0 Å². The molecular formula is C36H46Br2O6. The molecule has 1 N–H and O–H groups in total. The lowest BCUT2D eigenvalue weighted by Gasteiger charge is -2.18. The van der Waals surface area contributed by atoms with Crippen molar-refractivity contribution in [3.8, 4) is 34.5 Å². The molecule has 3 aromatic rings. The maximum Gasteiger partial charge on any atom is 0.133 e. The van der Waals surface area contributed by atoms with Gasteiger partial charge in [0.05, 0.1) is 44.0 Å². The molecule has 240 valence electrons. The summed E-state index contributed by atoms with van der Waals surface area (Å²) in [5.74, 6) is 4.00. The van der Waals surface area contributed by atoms with E-state index in [1.165, 1.54) is 6.42 Å². The van der Waals surface area contributed by atoms with Gasteiger partial charge in [-0.3, -0.25) is 0 Å². The summed E-state index contributed by atoms with van der Waals surface area (Å²) in [6.45, 7) is 9.00. The molecule has 8 heteroatoms. The zero-order valence-corrected chi connectivity index (χ0v) is 30.3. The van der Waals surface area contributed by atoms with Gasteiger partial charge in [0.15, 0.2) is 0 Å². The van der Waals surface area contributed by atoms with Crippen molar-refractivity contribution in [2.24, 2.45) is 5.92 Å². The molecule has 1 unspecified atom stereocenters. The molecule has 0 aliphatic rings. The summed E-state index contributed by atoms with van der Waals surface area (Å²) in [5, 5.41) is 11.1. The van der Waals surface area contributed by atoms with Crippen molar-refractivity contribution in [1.29, 1.82) is 0 Å². The van der Waals surface area contributed by atoms with Crippen LogP contribution in [0.5, 0.6) is 34.5 Å². The number of methoxy groups -OCH3 is 4. The number of rotatable bonds is 15. The highest BCUT2D eigenvalue weighted by molar-refractivity contribution is 9.11. The predicted molar refractivity (Wildman–Crippen MR) is 191 cm³/mol. The van der Waals surface area contributed by atoms with Gasteiger partial charge in [0.25, 0.3) is 0 Å². The van der Waals surface area contributed by atoms with Crippen molar-refractivity contribution >= 4 is 56.2 Å². The first-order valence-electron chi connectivity index (χ1n) is 15.0. The fourth-order valence-corrected chi connectivity index (χ4v) is 5.45. The van der Waals surface area contributed by atoms with Crippen LogP contribution in [0.1, 0.15) is 75.6 Å². The van der Waals surface area contributed by atoms with E-state index in [0.717, 1.165) is 44.9 Å². The Hall–Kier alpha value is -3.10. The lowest BCUT2D eigenvalue weighted by molar-refractivity contribution is 0.232. The largest absolute Gasteiger partial charge is 0.507 e. The molecule has 0 heterocycles.